The van der Waals surface area contributed by atoms with E-state index in [0.717, 1.165) is 5.56 Å². The van der Waals surface area contributed by atoms with E-state index in [9.17, 15) is 8.78 Å². The quantitative estimate of drug-likeness (QED) is 0.846. The summed E-state index contributed by atoms with van der Waals surface area (Å²) >= 11 is 3.35. The van der Waals surface area contributed by atoms with Gasteiger partial charge in [0.15, 0.2) is 0 Å². The fourth-order valence-electron chi connectivity index (χ4n) is 1.66. The van der Waals surface area contributed by atoms with Crippen LogP contribution in [0.4, 0.5) is 14.5 Å². The van der Waals surface area contributed by atoms with Crippen molar-refractivity contribution in [1.29, 1.82) is 0 Å². The summed E-state index contributed by atoms with van der Waals surface area (Å²) < 4.78 is 25.6. The van der Waals surface area contributed by atoms with Gasteiger partial charge in [-0.05, 0) is 40.5 Å². The number of nitrogens with two attached hydrogens (primary N) is 1. The molecular formula is C12H17BrF2N2O. The molecule has 1 aromatic carbocycles. The van der Waals surface area contributed by atoms with Crippen LogP contribution in [0.3, 0.4) is 0 Å². The molecule has 0 aliphatic rings. The molecule has 0 aliphatic carbocycles. The van der Waals surface area contributed by atoms with Crippen LogP contribution in [0.1, 0.15) is 18.5 Å². The third-order valence-electron chi connectivity index (χ3n) is 2.57. The first kappa shape index (κ1) is 15.3. The van der Waals surface area contributed by atoms with Gasteiger partial charge in [0.05, 0.1) is 18.8 Å². The SMILES string of the molecule is C[C@@H](N)c1ccc(N(CCO)CC(F)F)c(Br)c1. The summed E-state index contributed by atoms with van der Waals surface area (Å²) in [7, 11) is 0. The van der Waals surface area contributed by atoms with Crippen LogP contribution in [0.5, 0.6) is 0 Å². The van der Waals surface area contributed by atoms with Crippen molar-refractivity contribution in [3.05, 3.63) is 28.2 Å². The largest absolute Gasteiger partial charge is 0.395 e. The highest BCUT2D eigenvalue weighted by Crippen LogP contribution is 2.29. The Bertz CT molecular complexity index is 388. The molecule has 0 heterocycles. The number of anilines is 1. The molecule has 0 aromatic heterocycles. The number of hydrogen-bond acceptors (Lipinski definition) is 3. The van der Waals surface area contributed by atoms with Gasteiger partial charge in [0.25, 0.3) is 6.43 Å². The Labute approximate surface area is 114 Å². The first-order valence-corrected chi connectivity index (χ1v) is 6.44. The summed E-state index contributed by atoms with van der Waals surface area (Å²) in [5, 5.41) is 8.92. The van der Waals surface area contributed by atoms with Gasteiger partial charge in [0.1, 0.15) is 0 Å². The summed E-state index contributed by atoms with van der Waals surface area (Å²) in [6.07, 6.45) is -2.45. The van der Waals surface area contributed by atoms with Crippen molar-refractivity contribution in [1.82, 2.24) is 0 Å². The number of nitrogens with zero attached hydrogens (tertiary/aromatic N) is 1. The van der Waals surface area contributed by atoms with E-state index < -0.39 is 13.0 Å². The minimum Gasteiger partial charge on any atom is -0.395 e. The molecule has 0 amide bonds. The van der Waals surface area contributed by atoms with E-state index in [-0.39, 0.29) is 19.2 Å². The average molecular weight is 323 g/mol. The van der Waals surface area contributed by atoms with Gasteiger partial charge in [-0.15, -0.1) is 0 Å². The van der Waals surface area contributed by atoms with Crippen LogP contribution in [0.2, 0.25) is 0 Å². The Morgan fingerprint density at radius 2 is 2.11 bits per heavy atom. The van der Waals surface area contributed by atoms with E-state index in [1.54, 1.807) is 12.1 Å². The molecule has 0 unspecified atom stereocenters. The maximum Gasteiger partial charge on any atom is 0.255 e. The highest BCUT2D eigenvalue weighted by Gasteiger charge is 2.15. The van der Waals surface area contributed by atoms with Crippen LogP contribution in [-0.2, 0) is 0 Å². The van der Waals surface area contributed by atoms with Crippen LogP contribution >= 0.6 is 15.9 Å². The maximum absolute atomic E-state index is 12.5. The van der Waals surface area contributed by atoms with E-state index in [4.69, 9.17) is 10.8 Å². The summed E-state index contributed by atoms with van der Waals surface area (Å²) in [5.74, 6) is 0. The lowest BCUT2D eigenvalue weighted by Gasteiger charge is -2.25. The normalized spacial score (nSPS) is 12.8. The molecule has 0 radical (unpaired) electrons. The first-order chi connectivity index (χ1) is 8.45. The summed E-state index contributed by atoms with van der Waals surface area (Å²) in [4.78, 5) is 1.44. The Balaban J connectivity index is 2.97. The van der Waals surface area contributed by atoms with Crippen LogP contribution < -0.4 is 10.6 Å². The van der Waals surface area contributed by atoms with Crippen LogP contribution in [0, 0.1) is 0 Å². The van der Waals surface area contributed by atoms with Crippen LogP contribution in [0.25, 0.3) is 0 Å². The third kappa shape index (κ3) is 4.19. The maximum atomic E-state index is 12.5. The molecular weight excluding hydrogens is 306 g/mol. The second-order valence-corrected chi connectivity index (χ2v) is 4.91. The average Bonchev–Trinajstić information content (AvgIpc) is 2.27. The van der Waals surface area contributed by atoms with Crippen molar-refractivity contribution in [3.8, 4) is 0 Å². The van der Waals surface area contributed by atoms with Crippen molar-refractivity contribution in [3.63, 3.8) is 0 Å². The zero-order chi connectivity index (χ0) is 13.7. The molecule has 0 spiro atoms. The Kier molecular flexibility index (Phi) is 5.98. The third-order valence-corrected chi connectivity index (χ3v) is 3.20. The predicted molar refractivity (Wildman–Crippen MR) is 72.0 cm³/mol. The van der Waals surface area contributed by atoms with Gasteiger partial charge in [0.2, 0.25) is 0 Å². The van der Waals surface area contributed by atoms with E-state index in [0.29, 0.717) is 10.2 Å². The molecule has 1 aromatic rings. The molecule has 1 atom stereocenters. The standard InChI is InChI=1S/C12H17BrF2N2O/c1-8(16)9-2-3-11(10(13)6-9)17(4-5-18)7-12(14)15/h2-3,6,8,12,18H,4-5,7,16H2,1H3/t8-/m1/s1. The second kappa shape index (κ2) is 7.01. The topological polar surface area (TPSA) is 49.5 Å². The summed E-state index contributed by atoms with van der Waals surface area (Å²) in [6.45, 7) is 1.44. The van der Waals surface area contributed by atoms with Crippen molar-refractivity contribution >= 4 is 21.6 Å². The van der Waals surface area contributed by atoms with Gasteiger partial charge in [-0.3, -0.25) is 0 Å². The van der Waals surface area contributed by atoms with E-state index >= 15 is 0 Å². The number of alkyl halides is 2. The Morgan fingerprint density at radius 1 is 1.44 bits per heavy atom. The zero-order valence-corrected chi connectivity index (χ0v) is 11.7. The summed E-state index contributed by atoms with van der Waals surface area (Å²) in [6, 6.07) is 5.24. The molecule has 3 N–H and O–H groups in total. The van der Waals surface area contributed by atoms with Gasteiger partial charge < -0.3 is 15.7 Å². The zero-order valence-electron chi connectivity index (χ0n) is 10.1. The van der Waals surface area contributed by atoms with Gasteiger partial charge in [0, 0.05) is 17.1 Å². The summed E-state index contributed by atoms with van der Waals surface area (Å²) in [5.41, 5.74) is 7.31. The lowest BCUT2D eigenvalue weighted by atomic mass is 10.1. The molecule has 6 heteroatoms. The van der Waals surface area contributed by atoms with Crippen molar-refractivity contribution in [2.45, 2.75) is 19.4 Å². The minimum absolute atomic E-state index is 0.114. The highest BCUT2D eigenvalue weighted by molar-refractivity contribution is 9.10. The molecule has 0 saturated carbocycles. The number of hydrogen-bond donors (Lipinski definition) is 2. The molecule has 102 valence electrons. The Morgan fingerprint density at radius 3 is 2.56 bits per heavy atom. The molecule has 0 bridgehead atoms. The fraction of sp³-hybridized carbons (Fsp3) is 0.500. The van der Waals surface area contributed by atoms with Gasteiger partial charge in [-0.25, -0.2) is 8.78 Å². The van der Waals surface area contributed by atoms with Gasteiger partial charge in [-0.1, -0.05) is 6.07 Å². The number of halogens is 3. The number of rotatable bonds is 6. The Hall–Kier alpha value is -0.720. The number of aliphatic hydroxyl groups is 1. The van der Waals surface area contributed by atoms with E-state index in [2.05, 4.69) is 15.9 Å². The molecule has 0 fully saturated rings. The number of benzene rings is 1. The van der Waals surface area contributed by atoms with Crippen molar-refractivity contribution in [2.24, 2.45) is 5.73 Å². The minimum atomic E-state index is -2.45. The van der Waals surface area contributed by atoms with Crippen molar-refractivity contribution in [2.75, 3.05) is 24.6 Å². The monoisotopic (exact) mass is 322 g/mol. The molecule has 1 rings (SSSR count). The molecule has 0 saturated heterocycles. The smallest absolute Gasteiger partial charge is 0.255 e. The lowest BCUT2D eigenvalue weighted by Crippen LogP contribution is -2.31. The van der Waals surface area contributed by atoms with Crippen LogP contribution in [-0.4, -0.2) is 31.2 Å². The fourth-order valence-corrected chi connectivity index (χ4v) is 2.31. The highest BCUT2D eigenvalue weighted by atomic mass is 79.9. The van der Waals surface area contributed by atoms with Crippen LogP contribution in [0.15, 0.2) is 22.7 Å². The predicted octanol–water partition coefficient (Wildman–Crippen LogP) is 2.53. The van der Waals surface area contributed by atoms with Gasteiger partial charge >= 0.3 is 0 Å². The van der Waals surface area contributed by atoms with Gasteiger partial charge in [-0.2, -0.15) is 0 Å². The molecule has 0 aliphatic heterocycles. The first-order valence-electron chi connectivity index (χ1n) is 5.64. The van der Waals surface area contributed by atoms with E-state index in [1.807, 2.05) is 13.0 Å². The lowest BCUT2D eigenvalue weighted by molar-refractivity contribution is 0.152. The molecule has 3 nitrogen and oxygen atoms in total. The van der Waals surface area contributed by atoms with E-state index in [1.165, 1.54) is 4.90 Å². The molecule has 18 heavy (non-hydrogen) atoms. The second-order valence-electron chi connectivity index (χ2n) is 4.06. The number of aliphatic hydroxyl groups excluding tert-OH is 1. The van der Waals surface area contributed by atoms with Crippen molar-refractivity contribution < 1.29 is 13.9 Å².